The molecule has 5 rings (SSSR count). The van der Waals surface area contributed by atoms with Crippen molar-refractivity contribution in [3.63, 3.8) is 0 Å². The Kier molecular flexibility index (Phi) is 5.28. The zero-order valence-electron chi connectivity index (χ0n) is 17.3. The molecule has 31 heavy (non-hydrogen) atoms. The topological polar surface area (TPSA) is 45.3 Å². The van der Waals surface area contributed by atoms with Crippen LogP contribution in [-0.4, -0.2) is 28.9 Å². The van der Waals surface area contributed by atoms with E-state index in [9.17, 15) is 4.79 Å². The number of ether oxygens (including phenoxy) is 1. The second-order valence-electron chi connectivity index (χ2n) is 7.73. The van der Waals surface area contributed by atoms with Gasteiger partial charge < -0.3 is 14.6 Å². The number of H-pyrrole nitrogens is 1. The third kappa shape index (κ3) is 3.63. The van der Waals surface area contributed by atoms with Gasteiger partial charge in [0.25, 0.3) is 5.91 Å². The fraction of sp³-hybridized carbons (Fsp3) is 0.192. The Morgan fingerprint density at radius 2 is 1.90 bits per heavy atom. The lowest BCUT2D eigenvalue weighted by molar-refractivity contribution is 0.0692. The number of nitrogens with one attached hydrogen (secondary N) is 1. The first-order valence-electron chi connectivity index (χ1n) is 10.5. The van der Waals surface area contributed by atoms with Gasteiger partial charge in [-0.15, -0.1) is 0 Å². The summed E-state index contributed by atoms with van der Waals surface area (Å²) in [5.74, 6) is 0.869. The van der Waals surface area contributed by atoms with E-state index in [0.29, 0.717) is 18.7 Å². The fourth-order valence-electron chi connectivity index (χ4n) is 4.51. The second-order valence-corrected chi connectivity index (χ2v) is 8.64. The lowest BCUT2D eigenvalue weighted by atomic mass is 9.91. The molecule has 156 valence electrons. The second kappa shape index (κ2) is 8.23. The number of para-hydroxylation sites is 1. The number of aromatic amines is 1. The van der Waals surface area contributed by atoms with Gasteiger partial charge in [0.1, 0.15) is 5.75 Å². The molecule has 4 nitrogen and oxygen atoms in total. The van der Waals surface area contributed by atoms with Gasteiger partial charge >= 0.3 is 0 Å². The fourth-order valence-corrected chi connectivity index (χ4v) is 4.91. The third-order valence-electron chi connectivity index (χ3n) is 5.87. The first kappa shape index (κ1) is 19.9. The molecule has 3 aromatic carbocycles. The Morgan fingerprint density at radius 1 is 1.10 bits per heavy atom. The van der Waals surface area contributed by atoms with Crippen LogP contribution in [0.4, 0.5) is 0 Å². The van der Waals surface area contributed by atoms with Gasteiger partial charge in [-0.25, -0.2) is 0 Å². The number of nitrogens with zero attached hydrogens (tertiary/aromatic N) is 1. The number of benzene rings is 3. The predicted octanol–water partition coefficient (Wildman–Crippen LogP) is 6.12. The quantitative estimate of drug-likeness (QED) is 0.387. The van der Waals surface area contributed by atoms with Crippen molar-refractivity contribution >= 4 is 32.7 Å². The third-order valence-corrected chi connectivity index (χ3v) is 6.37. The summed E-state index contributed by atoms with van der Waals surface area (Å²) in [7, 11) is 0. The predicted molar refractivity (Wildman–Crippen MR) is 127 cm³/mol. The van der Waals surface area contributed by atoms with Crippen LogP contribution in [0.1, 0.15) is 40.1 Å². The van der Waals surface area contributed by atoms with Gasteiger partial charge in [-0.1, -0.05) is 52.3 Å². The van der Waals surface area contributed by atoms with E-state index in [1.807, 2.05) is 54.3 Å². The van der Waals surface area contributed by atoms with E-state index in [0.717, 1.165) is 33.4 Å². The Bertz CT molecular complexity index is 1250. The van der Waals surface area contributed by atoms with E-state index in [1.54, 1.807) is 0 Å². The molecule has 1 amide bonds. The standard InChI is InChI=1S/C26H23BrN2O2/c1-2-31-20-12-10-17(11-13-20)25-24-22(21-8-3-4-9-23(21)28-24)14-15-29(25)26(30)18-6-5-7-19(27)16-18/h3-13,16,25,28H,2,14-15H2,1H3. The lowest BCUT2D eigenvalue weighted by Crippen LogP contribution is -2.40. The van der Waals surface area contributed by atoms with E-state index in [2.05, 4.69) is 51.2 Å². The van der Waals surface area contributed by atoms with Gasteiger partial charge in [0, 0.05) is 33.2 Å². The van der Waals surface area contributed by atoms with Crippen LogP contribution in [0.25, 0.3) is 10.9 Å². The molecule has 1 unspecified atom stereocenters. The Morgan fingerprint density at radius 3 is 2.68 bits per heavy atom. The maximum Gasteiger partial charge on any atom is 0.254 e. The van der Waals surface area contributed by atoms with Crippen LogP contribution < -0.4 is 4.74 Å². The molecular formula is C26H23BrN2O2. The molecule has 0 spiro atoms. The zero-order chi connectivity index (χ0) is 21.4. The maximum atomic E-state index is 13.6. The minimum Gasteiger partial charge on any atom is -0.494 e. The van der Waals surface area contributed by atoms with Crippen LogP contribution in [0.5, 0.6) is 5.75 Å². The highest BCUT2D eigenvalue weighted by Gasteiger charge is 2.35. The van der Waals surface area contributed by atoms with Gasteiger partial charge in [-0.2, -0.15) is 0 Å². The summed E-state index contributed by atoms with van der Waals surface area (Å²) < 4.78 is 6.53. The Hall–Kier alpha value is -3.05. The van der Waals surface area contributed by atoms with Crippen molar-refractivity contribution in [1.29, 1.82) is 0 Å². The van der Waals surface area contributed by atoms with Gasteiger partial charge in [-0.05, 0) is 60.9 Å². The van der Waals surface area contributed by atoms with Crippen LogP contribution >= 0.6 is 15.9 Å². The average molecular weight is 475 g/mol. The molecule has 0 aliphatic carbocycles. The molecule has 4 aromatic rings. The molecule has 0 radical (unpaired) electrons. The Balaban J connectivity index is 1.63. The molecule has 1 aliphatic heterocycles. The Labute approximate surface area is 190 Å². The van der Waals surface area contributed by atoms with E-state index in [4.69, 9.17) is 4.74 Å². The van der Waals surface area contributed by atoms with Crippen molar-refractivity contribution in [3.8, 4) is 5.75 Å². The number of rotatable bonds is 4. The van der Waals surface area contributed by atoms with Crippen molar-refractivity contribution < 1.29 is 9.53 Å². The van der Waals surface area contributed by atoms with E-state index < -0.39 is 0 Å². The summed E-state index contributed by atoms with van der Waals surface area (Å²) in [5, 5.41) is 1.24. The van der Waals surface area contributed by atoms with Crippen LogP contribution in [0, 0.1) is 0 Å². The number of carbonyl (C=O) groups is 1. The average Bonchev–Trinajstić information content (AvgIpc) is 3.17. The molecule has 5 heteroatoms. The van der Waals surface area contributed by atoms with Gasteiger partial charge in [-0.3, -0.25) is 4.79 Å². The number of aromatic nitrogens is 1. The normalized spacial score (nSPS) is 15.7. The van der Waals surface area contributed by atoms with Gasteiger partial charge in [0.2, 0.25) is 0 Å². The van der Waals surface area contributed by atoms with Crippen LogP contribution in [0.3, 0.4) is 0 Å². The number of hydrogen-bond acceptors (Lipinski definition) is 2. The van der Waals surface area contributed by atoms with Crippen molar-refractivity contribution in [2.75, 3.05) is 13.2 Å². The molecule has 2 heterocycles. The molecule has 1 atom stereocenters. The van der Waals surface area contributed by atoms with Crippen LogP contribution in [-0.2, 0) is 6.42 Å². The SMILES string of the molecule is CCOc1ccc(C2c3[nH]c4ccccc4c3CCN2C(=O)c2cccc(Br)c2)cc1. The van der Waals surface area contributed by atoms with Crippen molar-refractivity contribution in [2.45, 2.75) is 19.4 Å². The molecule has 1 aromatic heterocycles. The van der Waals surface area contributed by atoms with E-state index in [1.165, 1.54) is 10.9 Å². The summed E-state index contributed by atoms with van der Waals surface area (Å²) in [6.07, 6.45) is 0.826. The molecule has 1 N–H and O–H groups in total. The number of carbonyl (C=O) groups excluding carboxylic acids is 1. The van der Waals surface area contributed by atoms with Crippen molar-refractivity contribution in [3.05, 3.63) is 99.7 Å². The van der Waals surface area contributed by atoms with Crippen LogP contribution in [0.15, 0.2) is 77.3 Å². The van der Waals surface area contributed by atoms with Crippen molar-refractivity contribution in [1.82, 2.24) is 9.88 Å². The summed E-state index contributed by atoms with van der Waals surface area (Å²) in [6.45, 7) is 3.27. The number of amides is 1. The van der Waals surface area contributed by atoms with E-state index >= 15 is 0 Å². The smallest absolute Gasteiger partial charge is 0.254 e. The number of halogens is 1. The molecular weight excluding hydrogens is 452 g/mol. The monoisotopic (exact) mass is 474 g/mol. The lowest BCUT2D eigenvalue weighted by Gasteiger charge is -2.36. The minimum atomic E-state index is -0.182. The zero-order valence-corrected chi connectivity index (χ0v) is 18.9. The molecule has 0 saturated carbocycles. The highest BCUT2D eigenvalue weighted by atomic mass is 79.9. The summed E-state index contributed by atoms with van der Waals surface area (Å²) in [5.41, 5.74) is 5.26. The molecule has 0 saturated heterocycles. The summed E-state index contributed by atoms with van der Waals surface area (Å²) in [6, 6.07) is 23.9. The van der Waals surface area contributed by atoms with Gasteiger partial charge in [0.15, 0.2) is 0 Å². The first-order valence-corrected chi connectivity index (χ1v) is 11.3. The summed E-state index contributed by atoms with van der Waals surface area (Å²) in [4.78, 5) is 19.2. The highest BCUT2D eigenvalue weighted by Crippen LogP contribution is 2.39. The molecule has 0 fully saturated rings. The number of fused-ring (bicyclic) bond motifs is 3. The molecule has 0 bridgehead atoms. The summed E-state index contributed by atoms with van der Waals surface area (Å²) >= 11 is 3.50. The number of hydrogen-bond donors (Lipinski definition) is 1. The van der Waals surface area contributed by atoms with E-state index in [-0.39, 0.29) is 11.9 Å². The largest absolute Gasteiger partial charge is 0.494 e. The minimum absolute atomic E-state index is 0.0319. The first-order chi connectivity index (χ1) is 15.2. The maximum absolute atomic E-state index is 13.6. The van der Waals surface area contributed by atoms with Crippen molar-refractivity contribution in [2.24, 2.45) is 0 Å². The van der Waals surface area contributed by atoms with Crippen LogP contribution in [0.2, 0.25) is 0 Å². The molecule has 1 aliphatic rings. The highest BCUT2D eigenvalue weighted by molar-refractivity contribution is 9.10. The van der Waals surface area contributed by atoms with Gasteiger partial charge in [0.05, 0.1) is 12.6 Å².